The first-order valence-electron chi connectivity index (χ1n) is 9.90. The van der Waals surface area contributed by atoms with Gasteiger partial charge in [0.05, 0.1) is 18.7 Å². The van der Waals surface area contributed by atoms with Crippen LogP contribution in [0.3, 0.4) is 0 Å². The molecule has 31 heavy (non-hydrogen) atoms. The molecule has 4 rings (SSSR count). The molecule has 1 saturated heterocycles. The van der Waals surface area contributed by atoms with Crippen LogP contribution in [0, 0.1) is 0 Å². The second-order valence-electron chi connectivity index (χ2n) is 7.20. The van der Waals surface area contributed by atoms with Gasteiger partial charge in [-0.3, -0.25) is 14.4 Å². The van der Waals surface area contributed by atoms with Crippen LogP contribution in [-0.4, -0.2) is 39.9 Å². The van der Waals surface area contributed by atoms with Crippen molar-refractivity contribution in [3.8, 4) is 5.75 Å². The van der Waals surface area contributed by atoms with Gasteiger partial charge < -0.3 is 19.5 Å². The number of hydrogen-bond acceptors (Lipinski definition) is 6. The molecule has 1 aliphatic heterocycles. The maximum absolute atomic E-state index is 13.3. The molecule has 2 amide bonds. The molecule has 0 unspecified atom stereocenters. The summed E-state index contributed by atoms with van der Waals surface area (Å²) in [5.74, 6) is 0.202. The van der Waals surface area contributed by atoms with E-state index in [0.717, 1.165) is 24.2 Å². The van der Waals surface area contributed by atoms with Crippen molar-refractivity contribution in [1.29, 1.82) is 0 Å². The fraction of sp³-hybridized carbons (Fsp3) is 0.273. The molecular formula is C22H22N4O4S. The maximum atomic E-state index is 13.3. The minimum atomic E-state index is -0.378. The molecule has 3 heterocycles. The molecule has 1 fully saturated rings. The standard InChI is InChI=1S/C22H22N4O4S/c1-30-17-5-2-4-15(12-17)18-6-3-10-26(18)21(29)16-7-8-20(28)25(13-16)14-19(27)24-22-23-9-11-31-22/h2,4-5,7-9,11-13,18H,3,6,10,14H2,1H3,(H,23,24,27)/t18-/m1/s1. The molecule has 0 spiro atoms. The van der Waals surface area contributed by atoms with Gasteiger partial charge in [0.2, 0.25) is 5.91 Å². The Labute approximate surface area is 183 Å². The summed E-state index contributed by atoms with van der Waals surface area (Å²) in [7, 11) is 1.62. The van der Waals surface area contributed by atoms with E-state index >= 15 is 0 Å². The van der Waals surface area contributed by atoms with Crippen LogP contribution in [0.2, 0.25) is 0 Å². The van der Waals surface area contributed by atoms with Crippen molar-refractivity contribution in [2.24, 2.45) is 0 Å². The summed E-state index contributed by atoms with van der Waals surface area (Å²) in [4.78, 5) is 43.6. The predicted molar refractivity (Wildman–Crippen MR) is 117 cm³/mol. The number of hydrogen-bond donors (Lipinski definition) is 1. The van der Waals surface area contributed by atoms with Gasteiger partial charge in [0, 0.05) is 30.4 Å². The van der Waals surface area contributed by atoms with Crippen LogP contribution in [0.25, 0.3) is 0 Å². The van der Waals surface area contributed by atoms with Crippen molar-refractivity contribution in [2.75, 3.05) is 19.0 Å². The second kappa shape index (κ2) is 9.13. The van der Waals surface area contributed by atoms with Gasteiger partial charge in [-0.1, -0.05) is 12.1 Å². The normalized spacial score (nSPS) is 15.6. The van der Waals surface area contributed by atoms with Gasteiger partial charge in [-0.25, -0.2) is 4.98 Å². The SMILES string of the molecule is COc1cccc([C@H]2CCCN2C(=O)c2ccc(=O)n(CC(=O)Nc3nccs3)c2)c1. The maximum Gasteiger partial charge on any atom is 0.255 e. The Hall–Kier alpha value is -3.46. The first-order valence-corrected chi connectivity index (χ1v) is 10.8. The fourth-order valence-electron chi connectivity index (χ4n) is 3.75. The van der Waals surface area contributed by atoms with Gasteiger partial charge in [-0.15, -0.1) is 11.3 Å². The van der Waals surface area contributed by atoms with Gasteiger partial charge in [0.25, 0.3) is 11.5 Å². The van der Waals surface area contributed by atoms with E-state index in [2.05, 4.69) is 10.3 Å². The number of methoxy groups -OCH3 is 1. The quantitative estimate of drug-likeness (QED) is 0.639. The highest BCUT2D eigenvalue weighted by atomic mass is 32.1. The van der Waals surface area contributed by atoms with E-state index < -0.39 is 0 Å². The number of carbonyl (C=O) groups excluding carboxylic acids is 2. The van der Waals surface area contributed by atoms with Gasteiger partial charge >= 0.3 is 0 Å². The number of anilines is 1. The highest BCUT2D eigenvalue weighted by molar-refractivity contribution is 7.13. The number of nitrogens with one attached hydrogen (secondary N) is 1. The third-order valence-corrected chi connectivity index (χ3v) is 5.90. The lowest BCUT2D eigenvalue weighted by Crippen LogP contribution is -2.33. The van der Waals surface area contributed by atoms with Crippen LogP contribution in [0.15, 0.2) is 59.0 Å². The lowest BCUT2D eigenvalue weighted by Gasteiger charge is -2.25. The van der Waals surface area contributed by atoms with Crippen molar-refractivity contribution in [3.05, 3.63) is 75.7 Å². The van der Waals surface area contributed by atoms with E-state index in [1.807, 2.05) is 29.2 Å². The first kappa shape index (κ1) is 20.8. The van der Waals surface area contributed by atoms with Crippen molar-refractivity contribution in [2.45, 2.75) is 25.4 Å². The first-order chi connectivity index (χ1) is 15.0. The highest BCUT2D eigenvalue weighted by Crippen LogP contribution is 2.34. The number of pyridine rings is 1. The van der Waals surface area contributed by atoms with Gasteiger partial charge in [-0.05, 0) is 36.6 Å². The highest BCUT2D eigenvalue weighted by Gasteiger charge is 2.31. The largest absolute Gasteiger partial charge is 0.497 e. The van der Waals surface area contributed by atoms with E-state index in [0.29, 0.717) is 17.2 Å². The van der Waals surface area contributed by atoms with Crippen LogP contribution < -0.4 is 15.6 Å². The second-order valence-corrected chi connectivity index (χ2v) is 8.10. The zero-order valence-corrected chi connectivity index (χ0v) is 17.8. The average molecular weight is 439 g/mol. The number of benzene rings is 1. The Morgan fingerprint density at radius 1 is 1.29 bits per heavy atom. The number of likely N-dealkylation sites (tertiary alicyclic amines) is 1. The molecule has 0 saturated carbocycles. The molecule has 1 aromatic carbocycles. The molecule has 1 atom stereocenters. The Morgan fingerprint density at radius 3 is 2.94 bits per heavy atom. The zero-order valence-electron chi connectivity index (χ0n) is 17.0. The van der Waals surface area contributed by atoms with Crippen LogP contribution in [0.5, 0.6) is 5.75 Å². The summed E-state index contributed by atoms with van der Waals surface area (Å²) in [6.07, 6.45) is 4.78. The molecule has 160 valence electrons. The number of ether oxygens (including phenoxy) is 1. The summed E-state index contributed by atoms with van der Waals surface area (Å²) in [5, 5.41) is 4.85. The molecule has 0 aliphatic carbocycles. The van der Waals surface area contributed by atoms with E-state index in [1.54, 1.807) is 18.7 Å². The number of carbonyl (C=O) groups is 2. The lowest BCUT2D eigenvalue weighted by molar-refractivity contribution is -0.116. The third-order valence-electron chi connectivity index (χ3n) is 5.22. The molecule has 3 aromatic rings. The van der Waals surface area contributed by atoms with Crippen molar-refractivity contribution in [1.82, 2.24) is 14.5 Å². The minimum Gasteiger partial charge on any atom is -0.497 e. The summed E-state index contributed by atoms with van der Waals surface area (Å²) >= 11 is 1.29. The summed E-state index contributed by atoms with van der Waals surface area (Å²) in [6.45, 7) is 0.434. The van der Waals surface area contributed by atoms with Crippen molar-refractivity contribution < 1.29 is 14.3 Å². The number of nitrogens with zero attached hydrogens (tertiary/aromatic N) is 3. The molecule has 8 nitrogen and oxygen atoms in total. The molecule has 2 aromatic heterocycles. The number of rotatable bonds is 6. The summed E-state index contributed by atoms with van der Waals surface area (Å²) in [6, 6.07) is 10.5. The van der Waals surface area contributed by atoms with Crippen LogP contribution >= 0.6 is 11.3 Å². The molecule has 0 radical (unpaired) electrons. The van der Waals surface area contributed by atoms with Gasteiger partial charge in [0.1, 0.15) is 12.3 Å². The van der Waals surface area contributed by atoms with Crippen LogP contribution in [0.4, 0.5) is 5.13 Å². The fourth-order valence-corrected chi connectivity index (χ4v) is 4.30. The third kappa shape index (κ3) is 4.66. The van der Waals surface area contributed by atoms with Crippen molar-refractivity contribution in [3.63, 3.8) is 0 Å². The topological polar surface area (TPSA) is 93.5 Å². The van der Waals surface area contributed by atoms with E-state index in [4.69, 9.17) is 4.74 Å². The Morgan fingerprint density at radius 2 is 2.16 bits per heavy atom. The number of amides is 2. The predicted octanol–water partition coefficient (Wildman–Crippen LogP) is 2.93. The Kier molecular flexibility index (Phi) is 6.13. The smallest absolute Gasteiger partial charge is 0.255 e. The Balaban J connectivity index is 1.53. The van der Waals surface area contributed by atoms with E-state index in [9.17, 15) is 14.4 Å². The number of thiazole rings is 1. The average Bonchev–Trinajstić information content (AvgIpc) is 3.47. The number of aromatic nitrogens is 2. The van der Waals surface area contributed by atoms with E-state index in [1.165, 1.54) is 34.2 Å². The molecule has 0 bridgehead atoms. The monoisotopic (exact) mass is 438 g/mol. The lowest BCUT2D eigenvalue weighted by atomic mass is 10.0. The van der Waals surface area contributed by atoms with Gasteiger partial charge in [0.15, 0.2) is 5.13 Å². The van der Waals surface area contributed by atoms with Crippen LogP contribution in [-0.2, 0) is 11.3 Å². The summed E-state index contributed by atoms with van der Waals surface area (Å²) < 4.78 is 6.56. The van der Waals surface area contributed by atoms with E-state index in [-0.39, 0.29) is 30.0 Å². The molecular weight excluding hydrogens is 416 g/mol. The van der Waals surface area contributed by atoms with Crippen molar-refractivity contribution >= 4 is 28.3 Å². The summed E-state index contributed by atoms with van der Waals surface area (Å²) in [5.41, 5.74) is 1.04. The minimum absolute atomic E-state index is 0.0591. The molecule has 1 aliphatic rings. The Bertz CT molecular complexity index is 1140. The molecule has 1 N–H and O–H groups in total. The molecule has 9 heteroatoms. The zero-order chi connectivity index (χ0) is 21.8. The van der Waals surface area contributed by atoms with Crippen LogP contribution in [0.1, 0.15) is 34.8 Å². The van der Waals surface area contributed by atoms with Gasteiger partial charge in [-0.2, -0.15) is 0 Å².